The second-order valence-electron chi connectivity index (χ2n) is 8.75. The summed E-state index contributed by atoms with van der Waals surface area (Å²) in [5.74, 6) is 1.58. The maximum Gasteiger partial charge on any atom is 0.119 e. The summed E-state index contributed by atoms with van der Waals surface area (Å²) in [6.45, 7) is 7.64. The Hall–Kier alpha value is -2.66. The van der Waals surface area contributed by atoms with Gasteiger partial charge in [0.15, 0.2) is 0 Å². The third kappa shape index (κ3) is 5.73. The summed E-state index contributed by atoms with van der Waals surface area (Å²) in [7, 11) is 3.88. The lowest BCUT2D eigenvalue weighted by Gasteiger charge is -2.30. The van der Waals surface area contributed by atoms with Gasteiger partial charge in [0.1, 0.15) is 5.75 Å². The van der Waals surface area contributed by atoms with Crippen molar-refractivity contribution in [1.82, 2.24) is 15.1 Å². The third-order valence-corrected chi connectivity index (χ3v) is 6.63. The highest BCUT2D eigenvalue weighted by molar-refractivity contribution is 6.03. The topological polar surface area (TPSA) is 65.0 Å². The van der Waals surface area contributed by atoms with Crippen LogP contribution in [0.1, 0.15) is 57.1 Å². The number of H-pyrrole nitrogens is 1. The number of aromatic nitrogens is 2. The molecule has 2 aromatic carbocycles. The Kier molecular flexibility index (Phi) is 7.85. The molecular weight excluding hydrogens is 384 g/mol. The van der Waals surface area contributed by atoms with Crippen LogP contribution in [0.5, 0.6) is 5.75 Å². The second-order valence-corrected chi connectivity index (χ2v) is 8.75. The first-order chi connectivity index (χ1) is 14.9. The zero-order valence-electron chi connectivity index (χ0n) is 19.5. The Balaban J connectivity index is 1.61. The molecule has 5 nitrogen and oxygen atoms in total. The predicted octanol–water partition coefficient (Wildman–Crippen LogP) is 5.87. The first-order valence-corrected chi connectivity index (χ1v) is 11.3. The molecule has 3 aromatic rings. The van der Waals surface area contributed by atoms with Crippen molar-refractivity contribution in [2.24, 2.45) is 5.92 Å². The van der Waals surface area contributed by atoms with Crippen molar-refractivity contribution >= 4 is 16.5 Å². The molecule has 3 rings (SSSR count). The van der Waals surface area contributed by atoms with Crippen LogP contribution in [0.2, 0.25) is 0 Å². The lowest BCUT2D eigenvalue weighted by molar-refractivity contribution is 0.222. The molecule has 2 N–H and O–H groups in total. The Labute approximate surface area is 186 Å². The number of aromatic amines is 1. The summed E-state index contributed by atoms with van der Waals surface area (Å²) in [6.07, 6.45) is 7.14. The van der Waals surface area contributed by atoms with Crippen LogP contribution in [0.3, 0.4) is 0 Å². The molecular formula is C26H36N4O. The highest BCUT2D eigenvalue weighted by Gasteiger charge is 2.20. The number of methoxy groups -OCH3 is 1. The average Bonchev–Trinajstić information content (AvgIpc) is 3.34. The van der Waals surface area contributed by atoms with Crippen LogP contribution in [0.4, 0.5) is 0 Å². The van der Waals surface area contributed by atoms with E-state index in [9.17, 15) is 0 Å². The Bertz CT molecular complexity index is 982. The van der Waals surface area contributed by atoms with E-state index in [-0.39, 0.29) is 5.92 Å². The molecule has 166 valence electrons. The fourth-order valence-electron chi connectivity index (χ4n) is 4.11. The van der Waals surface area contributed by atoms with E-state index < -0.39 is 0 Å². The van der Waals surface area contributed by atoms with Crippen LogP contribution in [0, 0.1) is 11.3 Å². The van der Waals surface area contributed by atoms with Crippen LogP contribution < -0.4 is 4.74 Å². The van der Waals surface area contributed by atoms with Crippen LogP contribution in [-0.4, -0.2) is 47.6 Å². The van der Waals surface area contributed by atoms with Gasteiger partial charge in [-0.15, -0.1) is 0 Å². The lowest BCUT2D eigenvalue weighted by Crippen LogP contribution is -2.36. The molecule has 5 heteroatoms. The van der Waals surface area contributed by atoms with Gasteiger partial charge in [0, 0.05) is 30.4 Å². The molecule has 0 aliphatic heterocycles. The van der Waals surface area contributed by atoms with E-state index in [2.05, 4.69) is 67.2 Å². The van der Waals surface area contributed by atoms with Crippen LogP contribution in [0.25, 0.3) is 10.8 Å². The highest BCUT2D eigenvalue weighted by atomic mass is 16.5. The van der Waals surface area contributed by atoms with Crippen molar-refractivity contribution in [3.63, 3.8) is 0 Å². The van der Waals surface area contributed by atoms with Crippen molar-refractivity contribution < 1.29 is 4.74 Å². The van der Waals surface area contributed by atoms with E-state index in [1.807, 2.05) is 24.5 Å². The number of rotatable bonds is 11. The van der Waals surface area contributed by atoms with Gasteiger partial charge >= 0.3 is 0 Å². The molecule has 31 heavy (non-hydrogen) atoms. The monoisotopic (exact) mass is 420 g/mol. The van der Waals surface area contributed by atoms with Gasteiger partial charge in [-0.3, -0.25) is 5.10 Å². The van der Waals surface area contributed by atoms with Gasteiger partial charge in [0.2, 0.25) is 0 Å². The molecule has 0 spiro atoms. The molecule has 0 aliphatic rings. The van der Waals surface area contributed by atoms with Crippen LogP contribution in [-0.2, 0) is 0 Å². The Morgan fingerprint density at radius 3 is 2.55 bits per heavy atom. The van der Waals surface area contributed by atoms with Crippen molar-refractivity contribution in [3.8, 4) is 5.75 Å². The molecule has 0 amide bonds. The third-order valence-electron chi connectivity index (χ3n) is 6.63. The molecule has 0 saturated heterocycles. The fraction of sp³-hybridized carbons (Fsp3) is 0.462. The molecule has 0 aliphatic carbocycles. The summed E-state index contributed by atoms with van der Waals surface area (Å²) in [4.78, 5) is 2.41. The SMILES string of the molecule is CCC(CN(C)C(C)CCC(C)c1cn[nH]c1)C(=N)c1ccc2cc(OC)ccc2c1. The zero-order chi connectivity index (χ0) is 22.4. The van der Waals surface area contributed by atoms with E-state index in [0.717, 1.165) is 53.6 Å². The molecule has 3 unspecified atom stereocenters. The van der Waals surface area contributed by atoms with Gasteiger partial charge in [0.25, 0.3) is 0 Å². The minimum atomic E-state index is 0.217. The minimum absolute atomic E-state index is 0.217. The zero-order valence-corrected chi connectivity index (χ0v) is 19.5. The normalized spacial score (nSPS) is 14.5. The number of nitrogens with one attached hydrogen (secondary N) is 2. The van der Waals surface area contributed by atoms with Crippen molar-refractivity contribution in [2.75, 3.05) is 20.7 Å². The summed E-state index contributed by atoms with van der Waals surface area (Å²) in [6, 6.07) is 12.9. The lowest BCUT2D eigenvalue weighted by atomic mass is 9.91. The molecule has 0 fully saturated rings. The summed E-state index contributed by atoms with van der Waals surface area (Å²) in [5.41, 5.74) is 3.02. The minimum Gasteiger partial charge on any atom is -0.497 e. The largest absolute Gasteiger partial charge is 0.497 e. The van der Waals surface area contributed by atoms with Gasteiger partial charge in [-0.05, 0) is 79.3 Å². The van der Waals surface area contributed by atoms with Gasteiger partial charge in [-0.1, -0.05) is 32.0 Å². The maximum absolute atomic E-state index is 8.88. The summed E-state index contributed by atoms with van der Waals surface area (Å²) < 4.78 is 5.32. The quantitative estimate of drug-likeness (QED) is 0.381. The first kappa shape index (κ1) is 23.0. The highest BCUT2D eigenvalue weighted by Crippen LogP contribution is 2.25. The smallest absolute Gasteiger partial charge is 0.119 e. The second kappa shape index (κ2) is 10.6. The van der Waals surface area contributed by atoms with Crippen molar-refractivity contribution in [3.05, 3.63) is 59.9 Å². The fourth-order valence-corrected chi connectivity index (χ4v) is 4.11. The van der Waals surface area contributed by atoms with Gasteiger partial charge in [0.05, 0.1) is 13.3 Å². The van der Waals surface area contributed by atoms with Crippen LogP contribution in [0.15, 0.2) is 48.8 Å². The number of ether oxygens (including phenoxy) is 1. The van der Waals surface area contributed by atoms with Gasteiger partial charge in [-0.25, -0.2) is 0 Å². The number of hydrogen-bond donors (Lipinski definition) is 2. The van der Waals surface area contributed by atoms with E-state index in [1.165, 1.54) is 5.56 Å². The Morgan fingerprint density at radius 2 is 1.87 bits per heavy atom. The van der Waals surface area contributed by atoms with Gasteiger partial charge < -0.3 is 15.0 Å². The van der Waals surface area contributed by atoms with Crippen molar-refractivity contribution in [1.29, 1.82) is 5.41 Å². The van der Waals surface area contributed by atoms with E-state index >= 15 is 0 Å². The summed E-state index contributed by atoms with van der Waals surface area (Å²) in [5, 5.41) is 18.1. The molecule has 0 saturated carbocycles. The Morgan fingerprint density at radius 1 is 1.13 bits per heavy atom. The maximum atomic E-state index is 8.88. The molecule has 1 aromatic heterocycles. The van der Waals surface area contributed by atoms with E-state index in [0.29, 0.717) is 12.0 Å². The van der Waals surface area contributed by atoms with Crippen LogP contribution >= 0.6 is 0 Å². The van der Waals surface area contributed by atoms with Gasteiger partial charge in [-0.2, -0.15) is 5.10 Å². The standard InChI is InChI=1S/C26H36N4O/c1-6-20(17-30(4)19(3)8-7-18(2)24-15-28-29-16-24)26(27)23-10-9-22-14-25(31-5)12-11-21(22)13-23/h9-16,18-20,27H,6-8,17H2,1-5H3,(H,28,29). The summed E-state index contributed by atoms with van der Waals surface area (Å²) >= 11 is 0. The molecule has 0 radical (unpaired) electrons. The number of hydrogen-bond acceptors (Lipinski definition) is 4. The molecule has 3 atom stereocenters. The average molecular weight is 421 g/mol. The van der Waals surface area contributed by atoms with Crippen molar-refractivity contribution in [2.45, 2.75) is 52.0 Å². The number of nitrogens with zero attached hydrogens (tertiary/aromatic N) is 2. The molecule has 0 bridgehead atoms. The number of fused-ring (bicyclic) bond motifs is 1. The van der Waals surface area contributed by atoms with E-state index in [1.54, 1.807) is 7.11 Å². The van der Waals surface area contributed by atoms with E-state index in [4.69, 9.17) is 10.1 Å². The predicted molar refractivity (Wildman–Crippen MR) is 129 cm³/mol. The first-order valence-electron chi connectivity index (χ1n) is 11.3. The number of benzene rings is 2. The molecule has 1 heterocycles.